The number of carbonyl (C=O) groups excluding carboxylic acids is 1. The third-order valence-corrected chi connectivity index (χ3v) is 4.99. The number of rotatable bonds is 5. The summed E-state index contributed by atoms with van der Waals surface area (Å²) < 4.78 is 14.2. The fourth-order valence-electron chi connectivity index (χ4n) is 1.85. The van der Waals surface area contributed by atoms with Gasteiger partial charge in [0.1, 0.15) is 5.82 Å². The minimum atomic E-state index is -0.386. The van der Waals surface area contributed by atoms with Crippen molar-refractivity contribution >= 4 is 39.9 Å². The predicted molar refractivity (Wildman–Crippen MR) is 95.0 cm³/mol. The molecule has 0 bridgehead atoms. The standard InChI is InChI=1S/C16H13FN4OS2/c17-13-9-5-4-6-11(13)10-23-16-21-20-15(24-16)19-14(22)18-12-7-2-1-3-8-12/h1-9H,10H2,(H2,18,19,20,22). The predicted octanol–water partition coefficient (Wildman–Crippen LogP) is 4.61. The molecule has 24 heavy (non-hydrogen) atoms. The van der Waals surface area contributed by atoms with Crippen molar-refractivity contribution in [3.63, 3.8) is 0 Å². The molecule has 0 atom stereocenters. The van der Waals surface area contributed by atoms with Crippen molar-refractivity contribution in [3.8, 4) is 0 Å². The number of nitrogens with zero attached hydrogens (tertiary/aromatic N) is 2. The average molecular weight is 360 g/mol. The topological polar surface area (TPSA) is 66.9 Å². The second-order valence-corrected chi connectivity index (χ2v) is 6.90. The third-order valence-electron chi connectivity index (χ3n) is 2.97. The minimum absolute atomic E-state index is 0.241. The van der Waals surface area contributed by atoms with E-state index >= 15 is 0 Å². The van der Waals surface area contributed by atoms with Gasteiger partial charge in [-0.3, -0.25) is 5.32 Å². The van der Waals surface area contributed by atoms with Crippen LogP contribution < -0.4 is 10.6 Å². The van der Waals surface area contributed by atoms with Crippen LogP contribution in [-0.2, 0) is 5.75 Å². The van der Waals surface area contributed by atoms with Gasteiger partial charge in [-0.25, -0.2) is 9.18 Å². The second kappa shape index (κ2) is 7.89. The molecule has 122 valence electrons. The van der Waals surface area contributed by atoms with Gasteiger partial charge in [0.2, 0.25) is 5.13 Å². The fraction of sp³-hybridized carbons (Fsp3) is 0.0625. The molecule has 2 amide bonds. The zero-order chi connectivity index (χ0) is 16.8. The van der Waals surface area contributed by atoms with E-state index in [0.717, 1.165) is 0 Å². The fourth-order valence-corrected chi connectivity index (χ4v) is 3.59. The van der Waals surface area contributed by atoms with Crippen LogP contribution in [0.15, 0.2) is 58.9 Å². The van der Waals surface area contributed by atoms with Crippen LogP contribution in [0.2, 0.25) is 0 Å². The van der Waals surface area contributed by atoms with Gasteiger partial charge in [0.25, 0.3) is 0 Å². The van der Waals surface area contributed by atoms with Gasteiger partial charge in [-0.2, -0.15) is 0 Å². The molecule has 0 aliphatic carbocycles. The van der Waals surface area contributed by atoms with E-state index in [2.05, 4.69) is 20.8 Å². The van der Waals surface area contributed by atoms with E-state index in [4.69, 9.17) is 0 Å². The van der Waals surface area contributed by atoms with Crippen molar-refractivity contribution < 1.29 is 9.18 Å². The Bertz CT molecular complexity index is 826. The quantitative estimate of drug-likeness (QED) is 0.515. The molecule has 0 spiro atoms. The Morgan fingerprint density at radius 2 is 1.79 bits per heavy atom. The number of carbonyl (C=O) groups is 1. The van der Waals surface area contributed by atoms with Crippen LogP contribution in [0.25, 0.3) is 0 Å². The van der Waals surface area contributed by atoms with E-state index in [1.54, 1.807) is 30.3 Å². The summed E-state index contributed by atoms with van der Waals surface area (Å²) >= 11 is 2.62. The maximum absolute atomic E-state index is 13.6. The summed E-state index contributed by atoms with van der Waals surface area (Å²) in [6.07, 6.45) is 0. The Morgan fingerprint density at radius 3 is 2.58 bits per heavy atom. The number of urea groups is 1. The van der Waals surface area contributed by atoms with Crippen molar-refractivity contribution in [2.75, 3.05) is 10.6 Å². The van der Waals surface area contributed by atoms with E-state index in [0.29, 0.717) is 26.5 Å². The lowest BCUT2D eigenvalue weighted by molar-refractivity contribution is 0.262. The molecule has 0 aliphatic heterocycles. The molecule has 1 aromatic heterocycles. The van der Waals surface area contributed by atoms with Crippen molar-refractivity contribution in [2.45, 2.75) is 10.1 Å². The first kappa shape index (κ1) is 16.4. The number of anilines is 2. The molecule has 3 rings (SSSR count). The van der Waals surface area contributed by atoms with Gasteiger partial charge in [-0.1, -0.05) is 59.5 Å². The monoisotopic (exact) mass is 360 g/mol. The third kappa shape index (κ3) is 4.53. The Labute approximate surface area is 146 Å². The molecule has 0 aliphatic rings. The van der Waals surface area contributed by atoms with E-state index in [1.807, 2.05) is 18.2 Å². The van der Waals surface area contributed by atoms with Crippen LogP contribution in [0.1, 0.15) is 5.56 Å². The molecule has 0 saturated heterocycles. The first-order chi connectivity index (χ1) is 11.7. The van der Waals surface area contributed by atoms with Crippen molar-refractivity contribution in [1.29, 1.82) is 0 Å². The second-order valence-electron chi connectivity index (χ2n) is 4.70. The maximum atomic E-state index is 13.6. The van der Waals surface area contributed by atoms with Gasteiger partial charge >= 0.3 is 6.03 Å². The van der Waals surface area contributed by atoms with Crippen LogP contribution in [0.3, 0.4) is 0 Å². The van der Waals surface area contributed by atoms with Gasteiger partial charge in [0, 0.05) is 11.4 Å². The summed E-state index contributed by atoms with van der Waals surface area (Å²) in [5.74, 6) is 0.215. The Kier molecular flexibility index (Phi) is 5.39. The lowest BCUT2D eigenvalue weighted by Gasteiger charge is -2.03. The Hall–Kier alpha value is -2.45. The lowest BCUT2D eigenvalue weighted by Crippen LogP contribution is -2.19. The van der Waals surface area contributed by atoms with Gasteiger partial charge in [0.05, 0.1) is 0 Å². The van der Waals surface area contributed by atoms with Crippen LogP contribution >= 0.6 is 23.1 Å². The van der Waals surface area contributed by atoms with Gasteiger partial charge in [-0.15, -0.1) is 10.2 Å². The molecule has 8 heteroatoms. The summed E-state index contributed by atoms with van der Waals surface area (Å²) in [7, 11) is 0. The number of thioether (sulfide) groups is 1. The molecule has 0 radical (unpaired) electrons. The van der Waals surface area contributed by atoms with Gasteiger partial charge < -0.3 is 5.32 Å². The van der Waals surface area contributed by atoms with Crippen molar-refractivity contribution in [1.82, 2.24) is 10.2 Å². The summed E-state index contributed by atoms with van der Waals surface area (Å²) in [6.45, 7) is 0. The number of aromatic nitrogens is 2. The molecule has 2 aromatic carbocycles. The highest BCUT2D eigenvalue weighted by Gasteiger charge is 2.10. The number of hydrogen-bond donors (Lipinski definition) is 2. The molecule has 3 aromatic rings. The Morgan fingerprint density at radius 1 is 1.04 bits per heavy atom. The number of hydrogen-bond acceptors (Lipinski definition) is 5. The molecule has 0 saturated carbocycles. The smallest absolute Gasteiger partial charge is 0.308 e. The molecular weight excluding hydrogens is 347 g/mol. The molecule has 5 nitrogen and oxygen atoms in total. The first-order valence-corrected chi connectivity index (χ1v) is 8.84. The highest BCUT2D eigenvalue weighted by Crippen LogP contribution is 2.29. The summed E-state index contributed by atoms with van der Waals surface area (Å²) in [5.41, 5.74) is 1.29. The van der Waals surface area contributed by atoms with Crippen LogP contribution in [0.5, 0.6) is 0 Å². The van der Waals surface area contributed by atoms with E-state index in [-0.39, 0.29) is 11.8 Å². The average Bonchev–Trinajstić information content (AvgIpc) is 3.02. The zero-order valence-electron chi connectivity index (χ0n) is 12.4. The van der Waals surface area contributed by atoms with Crippen LogP contribution in [0, 0.1) is 5.82 Å². The molecule has 2 N–H and O–H groups in total. The van der Waals surface area contributed by atoms with Gasteiger partial charge in [0.15, 0.2) is 4.34 Å². The molecule has 0 unspecified atom stereocenters. The van der Waals surface area contributed by atoms with Crippen molar-refractivity contribution in [2.24, 2.45) is 0 Å². The lowest BCUT2D eigenvalue weighted by atomic mass is 10.2. The van der Waals surface area contributed by atoms with Crippen molar-refractivity contribution in [3.05, 3.63) is 66.0 Å². The van der Waals surface area contributed by atoms with E-state index < -0.39 is 0 Å². The zero-order valence-corrected chi connectivity index (χ0v) is 14.0. The van der Waals surface area contributed by atoms with E-state index in [9.17, 15) is 9.18 Å². The summed E-state index contributed by atoms with van der Waals surface area (Å²) in [4.78, 5) is 11.9. The van der Waals surface area contributed by atoms with Gasteiger partial charge in [-0.05, 0) is 23.8 Å². The van der Waals surface area contributed by atoms with Crippen LogP contribution in [0.4, 0.5) is 20.0 Å². The minimum Gasteiger partial charge on any atom is -0.308 e. The highest BCUT2D eigenvalue weighted by atomic mass is 32.2. The van der Waals surface area contributed by atoms with E-state index in [1.165, 1.54) is 29.2 Å². The first-order valence-electron chi connectivity index (χ1n) is 7.03. The number of nitrogens with one attached hydrogen (secondary N) is 2. The number of amides is 2. The number of benzene rings is 2. The molecular formula is C16H13FN4OS2. The number of para-hydroxylation sites is 1. The largest absolute Gasteiger partial charge is 0.325 e. The summed E-state index contributed by atoms with van der Waals surface area (Å²) in [6, 6.07) is 15.3. The maximum Gasteiger partial charge on any atom is 0.325 e. The highest BCUT2D eigenvalue weighted by molar-refractivity contribution is 8.00. The SMILES string of the molecule is O=C(Nc1ccccc1)Nc1nnc(SCc2ccccc2F)s1. The van der Waals surface area contributed by atoms with Crippen LogP contribution in [-0.4, -0.2) is 16.2 Å². The molecule has 0 fully saturated rings. The summed E-state index contributed by atoms with van der Waals surface area (Å²) in [5, 5.41) is 13.6. The number of halogens is 1. The Balaban J connectivity index is 1.54. The normalized spacial score (nSPS) is 10.4. The molecule has 1 heterocycles.